The third-order valence-electron chi connectivity index (χ3n) is 2.70. The monoisotopic (exact) mass is 352 g/mol. The third-order valence-corrected chi connectivity index (χ3v) is 3.92. The predicted molar refractivity (Wildman–Crippen MR) is 83.2 cm³/mol. The van der Waals surface area contributed by atoms with Gasteiger partial charge in [-0.15, -0.1) is 0 Å². The molecule has 0 aliphatic carbocycles. The number of aromatic nitrogens is 3. The van der Waals surface area contributed by atoms with Crippen molar-refractivity contribution in [3.8, 4) is 0 Å². The molecule has 102 valence electrons. The van der Waals surface area contributed by atoms with Crippen LogP contribution in [0.2, 0.25) is 5.02 Å². The summed E-state index contributed by atoms with van der Waals surface area (Å²) in [7, 11) is 0. The molecule has 1 aromatic carbocycles. The highest BCUT2D eigenvalue weighted by molar-refractivity contribution is 9.10. The van der Waals surface area contributed by atoms with Gasteiger partial charge in [-0.25, -0.2) is 15.8 Å². The number of nitrogen functional groups attached to an aromatic ring is 1. The maximum absolute atomic E-state index is 5.98. The summed E-state index contributed by atoms with van der Waals surface area (Å²) in [5, 5.41) is 3.84. The minimum Gasteiger partial charge on any atom is -0.337 e. The van der Waals surface area contributed by atoms with Crippen LogP contribution in [0.4, 0.5) is 17.3 Å². The topological polar surface area (TPSA) is 80.3 Å². The van der Waals surface area contributed by atoms with Gasteiger partial charge in [0.2, 0.25) is 0 Å². The molecule has 0 amide bonds. The van der Waals surface area contributed by atoms with E-state index in [0.717, 1.165) is 10.2 Å². The zero-order valence-corrected chi connectivity index (χ0v) is 12.5. The summed E-state index contributed by atoms with van der Waals surface area (Å²) in [6, 6.07) is 5.52. The van der Waals surface area contributed by atoms with Gasteiger partial charge in [-0.05, 0) is 34.1 Å². The van der Waals surface area contributed by atoms with Gasteiger partial charge >= 0.3 is 0 Å². The number of nitrogens with two attached hydrogens (primary N) is 1. The summed E-state index contributed by atoms with van der Waals surface area (Å²) in [6.07, 6.45) is 5.27. The molecule has 0 unspecified atom stereocenters. The van der Waals surface area contributed by atoms with Crippen LogP contribution in [0.15, 0.2) is 41.3 Å². The number of halogens is 2. The van der Waals surface area contributed by atoms with Gasteiger partial charge in [-0.1, -0.05) is 11.6 Å². The zero-order chi connectivity index (χ0) is 14.1. The van der Waals surface area contributed by atoms with Crippen LogP contribution in [0.3, 0.4) is 0 Å². The average molecular weight is 354 g/mol. The Morgan fingerprint density at radius 1 is 1.35 bits per heavy atom. The van der Waals surface area contributed by atoms with E-state index in [2.05, 4.69) is 36.6 Å². The van der Waals surface area contributed by atoms with Crippen molar-refractivity contribution >= 4 is 50.5 Å². The SMILES string of the molecule is NNc1cn2ccnc2c(Nc2ccc(Cl)c(Br)c2)n1. The number of hydrazine groups is 1. The number of nitrogens with zero attached hydrogens (tertiary/aromatic N) is 3. The van der Waals surface area contributed by atoms with Gasteiger partial charge in [0.15, 0.2) is 17.3 Å². The molecule has 0 aliphatic rings. The van der Waals surface area contributed by atoms with Gasteiger partial charge < -0.3 is 15.1 Å². The van der Waals surface area contributed by atoms with E-state index >= 15 is 0 Å². The fraction of sp³-hybridized carbons (Fsp3) is 0. The van der Waals surface area contributed by atoms with Gasteiger partial charge in [-0.3, -0.25) is 0 Å². The smallest absolute Gasteiger partial charge is 0.180 e. The van der Waals surface area contributed by atoms with Crippen molar-refractivity contribution < 1.29 is 0 Å². The van der Waals surface area contributed by atoms with Gasteiger partial charge in [0.05, 0.1) is 11.2 Å². The van der Waals surface area contributed by atoms with Crippen LogP contribution in [0.1, 0.15) is 0 Å². The molecule has 6 nitrogen and oxygen atoms in total. The molecule has 0 saturated carbocycles. The summed E-state index contributed by atoms with van der Waals surface area (Å²) in [6.45, 7) is 0. The molecule has 0 spiro atoms. The predicted octanol–water partition coefficient (Wildman–Crippen LogP) is 3.17. The van der Waals surface area contributed by atoms with E-state index in [4.69, 9.17) is 17.4 Å². The van der Waals surface area contributed by atoms with Crippen molar-refractivity contribution in [2.45, 2.75) is 0 Å². The first-order valence-corrected chi connectivity index (χ1v) is 6.87. The molecule has 0 bridgehead atoms. The second-order valence-corrected chi connectivity index (χ2v) is 5.29. The van der Waals surface area contributed by atoms with Crippen LogP contribution in [0.5, 0.6) is 0 Å². The molecule has 4 N–H and O–H groups in total. The molecule has 3 aromatic rings. The number of benzene rings is 1. The first kappa shape index (κ1) is 13.2. The Kier molecular flexibility index (Phi) is 3.47. The van der Waals surface area contributed by atoms with E-state index in [-0.39, 0.29) is 0 Å². The number of imidazole rings is 1. The van der Waals surface area contributed by atoms with Gasteiger partial charge in [0.25, 0.3) is 0 Å². The van der Waals surface area contributed by atoms with E-state index in [9.17, 15) is 0 Å². The number of anilines is 3. The quantitative estimate of drug-likeness (QED) is 0.498. The van der Waals surface area contributed by atoms with Crippen molar-refractivity contribution in [3.05, 3.63) is 46.3 Å². The number of hydrogen-bond donors (Lipinski definition) is 3. The minimum atomic E-state index is 0.533. The Morgan fingerprint density at radius 2 is 2.20 bits per heavy atom. The normalized spacial score (nSPS) is 10.8. The lowest BCUT2D eigenvalue weighted by Crippen LogP contribution is -2.11. The van der Waals surface area contributed by atoms with Gasteiger partial charge in [0.1, 0.15) is 0 Å². The Bertz CT molecular complexity index is 772. The lowest BCUT2D eigenvalue weighted by molar-refractivity contribution is 1.11. The minimum absolute atomic E-state index is 0.533. The number of nitrogens with one attached hydrogen (secondary N) is 2. The van der Waals surface area contributed by atoms with Crippen LogP contribution in [-0.4, -0.2) is 14.4 Å². The van der Waals surface area contributed by atoms with Gasteiger partial charge in [0, 0.05) is 22.6 Å². The fourth-order valence-corrected chi connectivity index (χ4v) is 2.29. The summed E-state index contributed by atoms with van der Waals surface area (Å²) >= 11 is 9.36. The lowest BCUT2D eigenvalue weighted by Gasteiger charge is -2.10. The molecular weight excluding hydrogens is 344 g/mol. The molecule has 2 heterocycles. The standard InChI is InChI=1S/C12H10BrClN6/c13-8-5-7(1-2-9(8)14)17-11-12-16-3-4-20(12)6-10(18-11)19-15/h1-6,19H,15H2,(H,17,18). The van der Waals surface area contributed by atoms with Crippen molar-refractivity contribution in [1.82, 2.24) is 14.4 Å². The number of hydrogen-bond acceptors (Lipinski definition) is 5. The van der Waals surface area contributed by atoms with Crippen LogP contribution < -0.4 is 16.6 Å². The zero-order valence-electron chi connectivity index (χ0n) is 10.1. The largest absolute Gasteiger partial charge is 0.337 e. The fourth-order valence-electron chi connectivity index (χ4n) is 1.80. The maximum Gasteiger partial charge on any atom is 0.180 e. The van der Waals surface area contributed by atoms with Crippen LogP contribution in [-0.2, 0) is 0 Å². The highest BCUT2D eigenvalue weighted by Gasteiger charge is 2.08. The Morgan fingerprint density at radius 3 is 2.95 bits per heavy atom. The molecular formula is C12H10BrClN6. The van der Waals surface area contributed by atoms with Crippen molar-refractivity contribution in [2.75, 3.05) is 10.7 Å². The molecule has 2 aromatic heterocycles. The molecule has 3 rings (SSSR count). The number of rotatable bonds is 3. The van der Waals surface area contributed by atoms with Crippen molar-refractivity contribution in [2.24, 2.45) is 5.84 Å². The van der Waals surface area contributed by atoms with E-state index in [0.29, 0.717) is 22.3 Å². The van der Waals surface area contributed by atoms with E-state index in [1.807, 2.05) is 22.7 Å². The van der Waals surface area contributed by atoms with Crippen LogP contribution in [0, 0.1) is 0 Å². The average Bonchev–Trinajstić information content (AvgIpc) is 2.91. The summed E-state index contributed by atoms with van der Waals surface area (Å²) in [5.41, 5.74) is 4.07. The Balaban J connectivity index is 2.04. The Labute approximate surface area is 128 Å². The lowest BCUT2D eigenvalue weighted by atomic mass is 10.3. The summed E-state index contributed by atoms with van der Waals surface area (Å²) in [5.74, 6) is 6.55. The van der Waals surface area contributed by atoms with E-state index in [1.165, 1.54) is 0 Å². The van der Waals surface area contributed by atoms with Crippen molar-refractivity contribution in [1.29, 1.82) is 0 Å². The van der Waals surface area contributed by atoms with Crippen LogP contribution in [0.25, 0.3) is 5.65 Å². The van der Waals surface area contributed by atoms with E-state index in [1.54, 1.807) is 18.5 Å². The second-order valence-electron chi connectivity index (χ2n) is 4.03. The third kappa shape index (κ3) is 2.43. The molecule has 0 atom stereocenters. The summed E-state index contributed by atoms with van der Waals surface area (Å²) in [4.78, 5) is 8.62. The first-order chi connectivity index (χ1) is 9.67. The first-order valence-electron chi connectivity index (χ1n) is 5.70. The van der Waals surface area contributed by atoms with E-state index < -0.39 is 0 Å². The number of fused-ring (bicyclic) bond motifs is 1. The highest BCUT2D eigenvalue weighted by Crippen LogP contribution is 2.28. The molecule has 8 heteroatoms. The molecule has 0 aliphatic heterocycles. The summed E-state index contributed by atoms with van der Waals surface area (Å²) < 4.78 is 2.63. The highest BCUT2D eigenvalue weighted by atomic mass is 79.9. The molecule has 0 saturated heterocycles. The van der Waals surface area contributed by atoms with Crippen molar-refractivity contribution in [3.63, 3.8) is 0 Å². The van der Waals surface area contributed by atoms with Gasteiger partial charge in [-0.2, -0.15) is 0 Å². The maximum atomic E-state index is 5.98. The molecule has 0 radical (unpaired) electrons. The molecule has 0 fully saturated rings. The second kappa shape index (κ2) is 5.28. The van der Waals surface area contributed by atoms with Crippen LogP contribution >= 0.6 is 27.5 Å². The Hall–Kier alpha value is -1.83. The molecule has 20 heavy (non-hydrogen) atoms.